The van der Waals surface area contributed by atoms with E-state index in [0.29, 0.717) is 0 Å². The first-order valence-corrected chi connectivity index (χ1v) is 5.24. The molecule has 0 saturated heterocycles. The first kappa shape index (κ1) is 11.1. The lowest BCUT2D eigenvalue weighted by Crippen LogP contribution is -2.01. The van der Waals surface area contributed by atoms with Gasteiger partial charge in [-0.25, -0.2) is 0 Å². The van der Waals surface area contributed by atoms with Gasteiger partial charge in [-0.1, -0.05) is 19.1 Å². The fourth-order valence-electron chi connectivity index (χ4n) is 1.01. The van der Waals surface area contributed by atoms with Crippen LogP contribution in [0.4, 0.5) is 0 Å². The summed E-state index contributed by atoms with van der Waals surface area (Å²) in [4.78, 5) is 11.5. The number of carboxylic acids is 1. The van der Waals surface area contributed by atoms with Gasteiger partial charge in [0.1, 0.15) is 0 Å². The van der Waals surface area contributed by atoms with E-state index in [1.165, 1.54) is 0 Å². The third-order valence-corrected chi connectivity index (χ3v) is 2.55. The van der Waals surface area contributed by atoms with Crippen molar-refractivity contribution in [1.29, 1.82) is 0 Å². The van der Waals surface area contributed by atoms with E-state index in [2.05, 4.69) is 4.72 Å². The van der Waals surface area contributed by atoms with Gasteiger partial charge < -0.3 is 5.11 Å². The maximum Gasteiger partial charge on any atom is 0.307 e. The van der Waals surface area contributed by atoms with Crippen molar-refractivity contribution in [2.45, 2.75) is 18.2 Å². The van der Waals surface area contributed by atoms with Crippen molar-refractivity contribution in [3.63, 3.8) is 0 Å². The van der Waals surface area contributed by atoms with Crippen LogP contribution in [0.15, 0.2) is 29.2 Å². The fourth-order valence-corrected chi connectivity index (χ4v) is 1.59. The number of aliphatic carboxylic acids is 1. The molecule has 3 nitrogen and oxygen atoms in total. The molecule has 1 rings (SSSR count). The van der Waals surface area contributed by atoms with Crippen LogP contribution in [0.5, 0.6) is 0 Å². The predicted molar refractivity (Wildman–Crippen MR) is 57.3 cm³/mol. The van der Waals surface area contributed by atoms with E-state index in [0.717, 1.165) is 17.0 Å². The van der Waals surface area contributed by atoms with E-state index in [1.54, 1.807) is 11.9 Å². The lowest BCUT2D eigenvalue weighted by Gasteiger charge is -2.01. The van der Waals surface area contributed by atoms with Gasteiger partial charge in [-0.05, 0) is 29.6 Å². The molecule has 0 heterocycles. The largest absolute Gasteiger partial charge is 0.481 e. The molecule has 0 radical (unpaired) electrons. The molecule has 0 amide bonds. The summed E-state index contributed by atoms with van der Waals surface area (Å²) < 4.78 is 3.13. The summed E-state index contributed by atoms with van der Waals surface area (Å²) in [5, 5.41) is 8.56. The Kier molecular flexibility index (Phi) is 4.49. The zero-order chi connectivity index (χ0) is 10.4. The van der Waals surface area contributed by atoms with Crippen LogP contribution in [0, 0.1) is 0 Å². The Morgan fingerprint density at radius 2 is 2.07 bits per heavy atom. The van der Waals surface area contributed by atoms with Crippen molar-refractivity contribution >= 4 is 17.9 Å². The van der Waals surface area contributed by atoms with E-state index in [4.69, 9.17) is 5.11 Å². The van der Waals surface area contributed by atoms with E-state index in [-0.39, 0.29) is 6.42 Å². The van der Waals surface area contributed by atoms with Gasteiger partial charge in [0.05, 0.1) is 6.42 Å². The second-order valence-corrected chi connectivity index (χ2v) is 3.78. The minimum absolute atomic E-state index is 0.0894. The smallest absolute Gasteiger partial charge is 0.307 e. The molecule has 2 N–H and O–H groups in total. The molecule has 0 bridgehead atoms. The summed E-state index contributed by atoms with van der Waals surface area (Å²) in [5.74, 6) is -0.794. The van der Waals surface area contributed by atoms with E-state index >= 15 is 0 Å². The SMILES string of the molecule is CCNSc1ccc(CC(=O)O)cc1. The first-order valence-electron chi connectivity index (χ1n) is 4.43. The Balaban J connectivity index is 2.54. The molecule has 0 saturated carbocycles. The van der Waals surface area contributed by atoms with Gasteiger partial charge in [0.2, 0.25) is 0 Å². The fraction of sp³-hybridized carbons (Fsp3) is 0.300. The van der Waals surface area contributed by atoms with Crippen molar-refractivity contribution in [3.8, 4) is 0 Å². The Hall–Kier alpha value is -1.00. The van der Waals surface area contributed by atoms with Crippen molar-refractivity contribution in [3.05, 3.63) is 29.8 Å². The number of hydrogen-bond acceptors (Lipinski definition) is 3. The summed E-state index contributed by atoms with van der Waals surface area (Å²) in [7, 11) is 0. The summed E-state index contributed by atoms with van der Waals surface area (Å²) >= 11 is 1.55. The van der Waals surface area contributed by atoms with Crippen LogP contribution in [0.3, 0.4) is 0 Å². The normalized spacial score (nSPS) is 10.1. The molecular formula is C10H13NO2S. The van der Waals surface area contributed by atoms with Crippen LogP contribution < -0.4 is 4.72 Å². The van der Waals surface area contributed by atoms with Crippen LogP contribution in [-0.2, 0) is 11.2 Å². The quantitative estimate of drug-likeness (QED) is 0.731. The molecule has 0 aliphatic carbocycles. The average molecular weight is 211 g/mol. The van der Waals surface area contributed by atoms with Crippen molar-refractivity contribution in [1.82, 2.24) is 4.72 Å². The summed E-state index contributed by atoms with van der Waals surface area (Å²) in [6.45, 7) is 2.94. The third-order valence-electron chi connectivity index (χ3n) is 1.61. The number of hydrogen-bond donors (Lipinski definition) is 2. The molecule has 0 aromatic heterocycles. The highest BCUT2D eigenvalue weighted by Crippen LogP contribution is 2.15. The van der Waals surface area contributed by atoms with Gasteiger partial charge in [0.15, 0.2) is 0 Å². The number of carboxylic acid groups (broad SMARTS) is 1. The molecular weight excluding hydrogens is 198 g/mol. The van der Waals surface area contributed by atoms with Crippen LogP contribution >= 0.6 is 11.9 Å². The number of nitrogens with one attached hydrogen (secondary N) is 1. The molecule has 0 spiro atoms. The maximum atomic E-state index is 10.4. The van der Waals surface area contributed by atoms with Gasteiger partial charge in [0.25, 0.3) is 0 Å². The predicted octanol–water partition coefficient (Wildman–Crippen LogP) is 1.93. The van der Waals surface area contributed by atoms with Crippen molar-refractivity contribution in [2.24, 2.45) is 0 Å². The highest BCUT2D eigenvalue weighted by atomic mass is 32.2. The van der Waals surface area contributed by atoms with Gasteiger partial charge in [-0.3, -0.25) is 9.52 Å². The average Bonchev–Trinajstić information content (AvgIpc) is 2.16. The molecule has 14 heavy (non-hydrogen) atoms. The minimum atomic E-state index is -0.794. The standard InChI is InChI=1S/C10H13NO2S/c1-2-11-14-9-5-3-8(4-6-9)7-10(12)13/h3-6,11H,2,7H2,1H3,(H,12,13). The highest BCUT2D eigenvalue weighted by molar-refractivity contribution is 7.97. The third kappa shape index (κ3) is 3.81. The van der Waals surface area contributed by atoms with Gasteiger partial charge in [-0.15, -0.1) is 0 Å². The molecule has 1 aromatic rings. The molecule has 0 unspecified atom stereocenters. The molecule has 4 heteroatoms. The van der Waals surface area contributed by atoms with E-state index in [1.807, 2.05) is 31.2 Å². The molecule has 0 aliphatic rings. The Morgan fingerprint density at radius 1 is 1.43 bits per heavy atom. The van der Waals surface area contributed by atoms with Gasteiger partial charge >= 0.3 is 5.97 Å². The van der Waals surface area contributed by atoms with Crippen molar-refractivity contribution < 1.29 is 9.90 Å². The van der Waals surface area contributed by atoms with Crippen LogP contribution in [-0.4, -0.2) is 17.6 Å². The molecule has 76 valence electrons. The molecule has 0 fully saturated rings. The summed E-state index contributed by atoms with van der Waals surface area (Å²) in [5.41, 5.74) is 0.832. The Labute approximate surface area is 87.7 Å². The highest BCUT2D eigenvalue weighted by Gasteiger charge is 1.99. The van der Waals surface area contributed by atoms with E-state index < -0.39 is 5.97 Å². The second kappa shape index (κ2) is 5.67. The zero-order valence-electron chi connectivity index (χ0n) is 7.99. The molecule has 0 aliphatic heterocycles. The maximum absolute atomic E-state index is 10.4. The summed E-state index contributed by atoms with van der Waals surface area (Å²) in [6.07, 6.45) is 0.0894. The topological polar surface area (TPSA) is 49.3 Å². The van der Waals surface area contributed by atoms with E-state index in [9.17, 15) is 4.79 Å². The van der Waals surface area contributed by atoms with Crippen LogP contribution in [0.25, 0.3) is 0 Å². The number of benzene rings is 1. The Morgan fingerprint density at radius 3 is 2.57 bits per heavy atom. The zero-order valence-corrected chi connectivity index (χ0v) is 8.80. The lowest BCUT2D eigenvalue weighted by atomic mass is 10.2. The van der Waals surface area contributed by atoms with Gasteiger partial charge in [-0.2, -0.15) is 0 Å². The lowest BCUT2D eigenvalue weighted by molar-refractivity contribution is -0.136. The van der Waals surface area contributed by atoms with Crippen LogP contribution in [0.2, 0.25) is 0 Å². The number of carbonyl (C=O) groups is 1. The first-order chi connectivity index (χ1) is 6.72. The summed E-state index contributed by atoms with van der Waals surface area (Å²) in [6, 6.07) is 7.53. The van der Waals surface area contributed by atoms with Crippen molar-refractivity contribution in [2.75, 3.05) is 6.54 Å². The second-order valence-electron chi connectivity index (χ2n) is 2.81. The Bertz CT molecular complexity index is 297. The molecule has 0 atom stereocenters. The van der Waals surface area contributed by atoms with Gasteiger partial charge in [0, 0.05) is 11.4 Å². The molecule has 1 aromatic carbocycles. The number of rotatable bonds is 5. The van der Waals surface area contributed by atoms with Crippen LogP contribution in [0.1, 0.15) is 12.5 Å². The minimum Gasteiger partial charge on any atom is -0.481 e. The monoisotopic (exact) mass is 211 g/mol.